The minimum atomic E-state index is 0. The van der Waals surface area contributed by atoms with Gasteiger partial charge in [0.05, 0.1) is 12.2 Å². The number of imidazole rings is 1. The fraction of sp³-hybridized carbons (Fsp3) is 0.273. The summed E-state index contributed by atoms with van der Waals surface area (Å²) in [5.41, 5.74) is 1.91. The third-order valence-electron chi connectivity index (χ3n) is 2.36. The molecule has 0 saturated heterocycles. The molecular formula is C11H15BrIN5. The van der Waals surface area contributed by atoms with Crippen molar-refractivity contribution in [2.45, 2.75) is 6.54 Å². The van der Waals surface area contributed by atoms with Crippen molar-refractivity contribution >= 4 is 51.5 Å². The molecule has 0 radical (unpaired) electrons. The second-order valence-electron chi connectivity index (χ2n) is 3.52. The number of guanidine groups is 1. The number of aromatic nitrogens is 2. The van der Waals surface area contributed by atoms with Gasteiger partial charge in [-0.3, -0.25) is 4.99 Å². The van der Waals surface area contributed by atoms with Gasteiger partial charge in [0.2, 0.25) is 0 Å². The van der Waals surface area contributed by atoms with E-state index in [9.17, 15) is 0 Å². The number of fused-ring (bicyclic) bond motifs is 1. The second kappa shape index (κ2) is 6.93. The first-order chi connectivity index (χ1) is 8.22. The van der Waals surface area contributed by atoms with Crippen LogP contribution in [0.2, 0.25) is 0 Å². The van der Waals surface area contributed by atoms with Gasteiger partial charge in [0, 0.05) is 31.0 Å². The zero-order valence-corrected chi connectivity index (χ0v) is 14.1. The van der Waals surface area contributed by atoms with Crippen molar-refractivity contribution in [3.8, 4) is 0 Å². The Kier molecular flexibility index (Phi) is 5.86. The van der Waals surface area contributed by atoms with E-state index in [1.165, 1.54) is 0 Å². The van der Waals surface area contributed by atoms with Crippen molar-refractivity contribution in [1.82, 2.24) is 20.0 Å². The predicted molar refractivity (Wildman–Crippen MR) is 87.6 cm³/mol. The number of nitrogens with zero attached hydrogens (tertiary/aromatic N) is 3. The zero-order valence-electron chi connectivity index (χ0n) is 10.1. The van der Waals surface area contributed by atoms with E-state index in [2.05, 4.69) is 36.5 Å². The first-order valence-corrected chi connectivity index (χ1v) is 6.04. The summed E-state index contributed by atoms with van der Waals surface area (Å²) in [7, 11) is 3.57. The maximum absolute atomic E-state index is 4.49. The highest BCUT2D eigenvalue weighted by Crippen LogP contribution is 2.12. The first kappa shape index (κ1) is 15.2. The van der Waals surface area contributed by atoms with Crippen molar-refractivity contribution in [1.29, 1.82) is 0 Å². The van der Waals surface area contributed by atoms with Gasteiger partial charge in [0.15, 0.2) is 5.96 Å². The van der Waals surface area contributed by atoms with Crippen molar-refractivity contribution < 1.29 is 0 Å². The summed E-state index contributed by atoms with van der Waals surface area (Å²) in [6.45, 7) is 0.646. The highest BCUT2D eigenvalue weighted by atomic mass is 127. The summed E-state index contributed by atoms with van der Waals surface area (Å²) in [5.74, 6) is 0.753. The molecule has 0 aromatic carbocycles. The van der Waals surface area contributed by atoms with Crippen LogP contribution in [0.25, 0.3) is 5.65 Å². The van der Waals surface area contributed by atoms with Crippen LogP contribution < -0.4 is 10.6 Å². The van der Waals surface area contributed by atoms with Crippen LogP contribution >= 0.6 is 39.9 Å². The quantitative estimate of drug-likeness (QED) is 0.441. The third-order valence-corrected chi connectivity index (χ3v) is 2.83. The van der Waals surface area contributed by atoms with Crippen LogP contribution in [0.5, 0.6) is 0 Å². The van der Waals surface area contributed by atoms with Gasteiger partial charge in [-0.05, 0) is 28.1 Å². The van der Waals surface area contributed by atoms with E-state index in [0.29, 0.717) is 6.54 Å². The maximum atomic E-state index is 4.49. The molecule has 0 fully saturated rings. The molecule has 0 unspecified atom stereocenters. The number of pyridine rings is 1. The molecule has 2 N–H and O–H groups in total. The average molecular weight is 424 g/mol. The van der Waals surface area contributed by atoms with E-state index in [-0.39, 0.29) is 24.0 Å². The molecule has 98 valence electrons. The zero-order chi connectivity index (χ0) is 12.3. The van der Waals surface area contributed by atoms with Gasteiger partial charge in [-0.25, -0.2) is 4.98 Å². The smallest absolute Gasteiger partial charge is 0.191 e. The Morgan fingerprint density at radius 1 is 1.44 bits per heavy atom. The molecule has 5 nitrogen and oxygen atoms in total. The molecule has 2 rings (SSSR count). The Balaban J connectivity index is 0.00000162. The van der Waals surface area contributed by atoms with Crippen LogP contribution in [-0.2, 0) is 6.54 Å². The van der Waals surface area contributed by atoms with Crippen molar-refractivity contribution in [2.75, 3.05) is 14.1 Å². The fourth-order valence-corrected chi connectivity index (χ4v) is 1.91. The molecule has 0 aliphatic heterocycles. The van der Waals surface area contributed by atoms with Crippen molar-refractivity contribution in [3.63, 3.8) is 0 Å². The number of halogens is 2. The summed E-state index contributed by atoms with van der Waals surface area (Å²) in [4.78, 5) is 8.53. The lowest BCUT2D eigenvalue weighted by Gasteiger charge is -2.05. The van der Waals surface area contributed by atoms with Crippen LogP contribution in [0.15, 0.2) is 34.0 Å². The third kappa shape index (κ3) is 3.58. The van der Waals surface area contributed by atoms with E-state index < -0.39 is 0 Å². The van der Waals surface area contributed by atoms with Gasteiger partial charge in [-0.1, -0.05) is 0 Å². The van der Waals surface area contributed by atoms with Crippen LogP contribution in [0.4, 0.5) is 0 Å². The molecule has 0 aliphatic carbocycles. The Hall–Kier alpha value is -0.830. The summed E-state index contributed by atoms with van der Waals surface area (Å²) < 4.78 is 3.02. The molecule has 0 spiro atoms. The van der Waals surface area contributed by atoms with Gasteiger partial charge >= 0.3 is 0 Å². The SMILES string of the molecule is CN=C(NC)NCc1cn2cc(Br)ccc2n1.I. The van der Waals surface area contributed by atoms with Crippen molar-refractivity contribution in [3.05, 3.63) is 34.7 Å². The van der Waals surface area contributed by atoms with Gasteiger partial charge in [0.1, 0.15) is 5.65 Å². The van der Waals surface area contributed by atoms with Gasteiger partial charge < -0.3 is 15.0 Å². The molecule has 0 aliphatic rings. The minimum absolute atomic E-state index is 0. The molecule has 0 atom stereocenters. The van der Waals surface area contributed by atoms with Gasteiger partial charge in [0.25, 0.3) is 0 Å². The van der Waals surface area contributed by atoms with E-state index >= 15 is 0 Å². The van der Waals surface area contributed by atoms with E-state index in [1.807, 2.05) is 36.0 Å². The Bertz CT molecular complexity index is 551. The predicted octanol–water partition coefficient (Wildman–Crippen LogP) is 2.01. The highest BCUT2D eigenvalue weighted by molar-refractivity contribution is 14.0. The average Bonchev–Trinajstić information content (AvgIpc) is 2.72. The Morgan fingerprint density at radius 3 is 2.89 bits per heavy atom. The Morgan fingerprint density at radius 2 is 2.22 bits per heavy atom. The summed E-state index contributed by atoms with van der Waals surface area (Å²) in [6, 6.07) is 3.95. The number of hydrogen-bond donors (Lipinski definition) is 2. The topological polar surface area (TPSA) is 53.7 Å². The lowest BCUT2D eigenvalue weighted by atomic mass is 10.5. The molecule has 0 bridgehead atoms. The summed E-state index contributed by atoms with van der Waals surface area (Å²) >= 11 is 3.43. The van der Waals surface area contributed by atoms with Crippen LogP contribution in [0, 0.1) is 0 Å². The molecule has 2 aromatic rings. The normalized spacial score (nSPS) is 11.2. The van der Waals surface area contributed by atoms with Gasteiger partial charge in [-0.2, -0.15) is 0 Å². The summed E-state index contributed by atoms with van der Waals surface area (Å²) in [6.07, 6.45) is 3.98. The number of rotatable bonds is 2. The molecular weight excluding hydrogens is 409 g/mol. The maximum Gasteiger partial charge on any atom is 0.191 e. The van der Waals surface area contributed by atoms with E-state index in [4.69, 9.17) is 0 Å². The lowest BCUT2D eigenvalue weighted by Crippen LogP contribution is -2.34. The molecule has 0 saturated carbocycles. The monoisotopic (exact) mass is 423 g/mol. The highest BCUT2D eigenvalue weighted by Gasteiger charge is 2.02. The van der Waals surface area contributed by atoms with Crippen LogP contribution in [0.1, 0.15) is 5.69 Å². The number of nitrogens with one attached hydrogen (secondary N) is 2. The van der Waals surface area contributed by atoms with Crippen LogP contribution in [0.3, 0.4) is 0 Å². The molecule has 2 aromatic heterocycles. The van der Waals surface area contributed by atoms with Crippen molar-refractivity contribution in [2.24, 2.45) is 4.99 Å². The number of aliphatic imine (C=N–C) groups is 1. The first-order valence-electron chi connectivity index (χ1n) is 5.24. The lowest BCUT2D eigenvalue weighted by molar-refractivity contribution is 0.845. The largest absolute Gasteiger partial charge is 0.359 e. The standard InChI is InChI=1S/C11H14BrN5.HI/c1-13-11(14-2)15-5-9-7-17-6-8(12)3-4-10(17)16-9;/h3-4,6-7H,5H2,1-2H3,(H2,13,14,15);1H. The second-order valence-corrected chi connectivity index (χ2v) is 4.44. The summed E-state index contributed by atoms with van der Waals surface area (Å²) in [5, 5.41) is 6.12. The van der Waals surface area contributed by atoms with E-state index in [0.717, 1.165) is 21.8 Å². The molecule has 2 heterocycles. The van der Waals surface area contributed by atoms with Crippen LogP contribution in [-0.4, -0.2) is 29.4 Å². The minimum Gasteiger partial charge on any atom is -0.359 e. The van der Waals surface area contributed by atoms with Gasteiger partial charge in [-0.15, -0.1) is 24.0 Å². The fourth-order valence-electron chi connectivity index (χ4n) is 1.56. The number of hydrogen-bond acceptors (Lipinski definition) is 2. The molecule has 0 amide bonds. The molecule has 7 heteroatoms. The molecule has 18 heavy (non-hydrogen) atoms. The Labute approximate surface area is 131 Å². The van der Waals surface area contributed by atoms with E-state index in [1.54, 1.807) is 7.05 Å².